The minimum atomic E-state index is -0.865. The zero-order valence-corrected chi connectivity index (χ0v) is 10.5. The fraction of sp³-hybridized carbons (Fsp3) is 0.500. The summed E-state index contributed by atoms with van der Waals surface area (Å²) in [4.78, 5) is 10.1. The number of nitrogens with two attached hydrogens (primary N) is 1. The van der Waals surface area contributed by atoms with Gasteiger partial charge in [0.15, 0.2) is 0 Å². The lowest BCUT2D eigenvalue weighted by Crippen LogP contribution is -2.60. The van der Waals surface area contributed by atoms with Crippen LogP contribution in [-0.4, -0.2) is 29.7 Å². The molecule has 104 valence electrons. The van der Waals surface area contributed by atoms with Crippen molar-refractivity contribution in [1.82, 2.24) is 0 Å². The van der Waals surface area contributed by atoms with E-state index in [1.54, 1.807) is 0 Å². The van der Waals surface area contributed by atoms with E-state index in [0.717, 1.165) is 6.07 Å². The van der Waals surface area contributed by atoms with Crippen LogP contribution in [0.1, 0.15) is 13.3 Å². The normalized spacial score (nSPS) is 25.7. The number of benzene rings is 1. The second-order valence-electron chi connectivity index (χ2n) is 4.46. The summed E-state index contributed by atoms with van der Waals surface area (Å²) < 4.78 is 18.9. The highest BCUT2D eigenvalue weighted by Gasteiger charge is 2.40. The molecule has 0 spiro atoms. The monoisotopic (exact) mass is 269 g/mol. The Morgan fingerprint density at radius 2 is 2.37 bits per heavy atom. The molecule has 1 aliphatic rings. The smallest absolute Gasteiger partial charge is 0.327 e. The lowest BCUT2D eigenvalue weighted by molar-refractivity contribution is -0.386. The fourth-order valence-corrected chi connectivity index (χ4v) is 2.22. The number of nitro groups is 1. The summed E-state index contributed by atoms with van der Waals surface area (Å²) in [5, 5.41) is 13.8. The lowest BCUT2D eigenvalue weighted by atomic mass is 9.83. The Hall–Kier alpha value is -1.73. The van der Waals surface area contributed by atoms with Crippen molar-refractivity contribution >= 4 is 11.4 Å². The maximum Gasteiger partial charge on any atom is 0.327 e. The topological polar surface area (TPSA) is 90.4 Å². The SMILES string of the molecule is CCOC1CC(N)C1Nc1cccc(F)c1[N+](=O)[O-]. The fourth-order valence-electron chi connectivity index (χ4n) is 2.22. The molecule has 1 aromatic carbocycles. The quantitative estimate of drug-likeness (QED) is 0.626. The van der Waals surface area contributed by atoms with Gasteiger partial charge in [0.25, 0.3) is 0 Å². The minimum absolute atomic E-state index is 0.0946. The molecule has 7 heteroatoms. The van der Waals surface area contributed by atoms with Crippen LogP contribution in [0.5, 0.6) is 0 Å². The second-order valence-corrected chi connectivity index (χ2v) is 4.46. The summed E-state index contributed by atoms with van der Waals surface area (Å²) in [5.41, 5.74) is 5.43. The van der Waals surface area contributed by atoms with E-state index in [1.165, 1.54) is 12.1 Å². The average molecular weight is 269 g/mol. The highest BCUT2D eigenvalue weighted by Crippen LogP contribution is 2.32. The third kappa shape index (κ3) is 2.66. The Bertz CT molecular complexity index is 481. The molecule has 1 aliphatic carbocycles. The van der Waals surface area contributed by atoms with Gasteiger partial charge in [-0.15, -0.1) is 0 Å². The van der Waals surface area contributed by atoms with Crippen LogP contribution >= 0.6 is 0 Å². The number of halogens is 1. The Kier molecular flexibility index (Phi) is 3.96. The molecule has 0 aliphatic heterocycles. The maximum absolute atomic E-state index is 13.5. The van der Waals surface area contributed by atoms with Gasteiger partial charge in [-0.2, -0.15) is 4.39 Å². The van der Waals surface area contributed by atoms with Crippen LogP contribution in [-0.2, 0) is 4.74 Å². The number of rotatable bonds is 5. The first kappa shape index (κ1) is 13.7. The van der Waals surface area contributed by atoms with E-state index in [0.29, 0.717) is 13.0 Å². The van der Waals surface area contributed by atoms with Gasteiger partial charge >= 0.3 is 5.69 Å². The van der Waals surface area contributed by atoms with Crippen molar-refractivity contribution in [3.63, 3.8) is 0 Å². The Balaban J connectivity index is 2.19. The summed E-state index contributed by atoms with van der Waals surface area (Å²) in [6.07, 6.45) is 0.595. The summed E-state index contributed by atoms with van der Waals surface area (Å²) in [6, 6.07) is 3.56. The van der Waals surface area contributed by atoms with Gasteiger partial charge in [0, 0.05) is 12.6 Å². The molecule has 0 saturated heterocycles. The Labute approximate surface area is 109 Å². The molecular formula is C12H16FN3O3. The molecule has 3 N–H and O–H groups in total. The van der Waals surface area contributed by atoms with Crippen molar-refractivity contribution in [3.05, 3.63) is 34.1 Å². The molecule has 1 aromatic rings. The van der Waals surface area contributed by atoms with Gasteiger partial charge in [0.1, 0.15) is 5.69 Å². The summed E-state index contributed by atoms with van der Waals surface area (Å²) in [7, 11) is 0. The number of nitro benzene ring substituents is 1. The third-order valence-electron chi connectivity index (χ3n) is 3.24. The largest absolute Gasteiger partial charge is 0.376 e. The van der Waals surface area contributed by atoms with Gasteiger partial charge in [-0.25, -0.2) is 0 Å². The zero-order valence-electron chi connectivity index (χ0n) is 10.5. The van der Waals surface area contributed by atoms with Gasteiger partial charge < -0.3 is 15.8 Å². The number of para-hydroxylation sites is 1. The first-order valence-corrected chi connectivity index (χ1v) is 6.11. The van der Waals surface area contributed by atoms with Crippen LogP contribution in [0.3, 0.4) is 0 Å². The molecule has 0 radical (unpaired) electrons. The van der Waals surface area contributed by atoms with Crippen molar-refractivity contribution in [2.24, 2.45) is 5.73 Å². The summed E-state index contributed by atoms with van der Waals surface area (Å²) in [5.74, 6) is -0.865. The molecule has 19 heavy (non-hydrogen) atoms. The van der Waals surface area contributed by atoms with E-state index >= 15 is 0 Å². The van der Waals surface area contributed by atoms with Crippen LogP contribution in [0, 0.1) is 15.9 Å². The number of nitrogens with one attached hydrogen (secondary N) is 1. The molecule has 3 atom stereocenters. The van der Waals surface area contributed by atoms with Crippen LogP contribution in [0.25, 0.3) is 0 Å². The molecule has 6 nitrogen and oxygen atoms in total. The molecule has 0 amide bonds. The first-order valence-electron chi connectivity index (χ1n) is 6.11. The van der Waals surface area contributed by atoms with E-state index in [1.807, 2.05) is 6.92 Å². The average Bonchev–Trinajstić information content (AvgIpc) is 2.35. The summed E-state index contributed by atoms with van der Waals surface area (Å²) >= 11 is 0. The van der Waals surface area contributed by atoms with Crippen molar-refractivity contribution < 1.29 is 14.1 Å². The number of hydrogen-bond donors (Lipinski definition) is 2. The predicted octanol–water partition coefficient (Wildman–Crippen LogP) is 1.65. The van der Waals surface area contributed by atoms with E-state index in [2.05, 4.69) is 5.32 Å². The van der Waals surface area contributed by atoms with Crippen molar-refractivity contribution in [3.8, 4) is 0 Å². The first-order chi connectivity index (χ1) is 9.04. The van der Waals surface area contributed by atoms with Crippen molar-refractivity contribution in [1.29, 1.82) is 0 Å². The molecule has 3 unspecified atom stereocenters. The molecular weight excluding hydrogens is 253 g/mol. The third-order valence-corrected chi connectivity index (χ3v) is 3.24. The van der Waals surface area contributed by atoms with E-state index in [-0.39, 0.29) is 23.9 Å². The zero-order chi connectivity index (χ0) is 14.0. The van der Waals surface area contributed by atoms with Gasteiger partial charge in [0.05, 0.1) is 17.1 Å². The standard InChI is InChI=1S/C12H16FN3O3/c1-2-19-10-6-8(14)11(10)15-9-5-3-4-7(13)12(9)16(17)18/h3-5,8,10-11,15H,2,6,14H2,1H3. The van der Waals surface area contributed by atoms with E-state index in [4.69, 9.17) is 10.5 Å². The number of hydrogen-bond acceptors (Lipinski definition) is 5. The predicted molar refractivity (Wildman–Crippen MR) is 68.5 cm³/mol. The van der Waals surface area contributed by atoms with E-state index < -0.39 is 16.4 Å². The molecule has 2 rings (SSSR count). The van der Waals surface area contributed by atoms with Gasteiger partial charge in [-0.05, 0) is 25.5 Å². The molecule has 0 heterocycles. The molecule has 1 saturated carbocycles. The maximum atomic E-state index is 13.5. The number of ether oxygens (including phenoxy) is 1. The van der Waals surface area contributed by atoms with Crippen LogP contribution in [0.15, 0.2) is 18.2 Å². The van der Waals surface area contributed by atoms with Crippen molar-refractivity contribution in [2.45, 2.75) is 31.5 Å². The molecule has 1 fully saturated rings. The molecule has 0 bridgehead atoms. The Morgan fingerprint density at radius 3 is 2.95 bits per heavy atom. The van der Waals surface area contributed by atoms with Crippen LogP contribution in [0.2, 0.25) is 0 Å². The number of anilines is 1. The lowest BCUT2D eigenvalue weighted by Gasteiger charge is -2.42. The van der Waals surface area contributed by atoms with Crippen LogP contribution in [0.4, 0.5) is 15.8 Å². The second kappa shape index (κ2) is 5.50. The summed E-state index contributed by atoms with van der Waals surface area (Å²) in [6.45, 7) is 2.41. The van der Waals surface area contributed by atoms with Gasteiger partial charge in [0.2, 0.25) is 5.82 Å². The minimum Gasteiger partial charge on any atom is -0.376 e. The molecule has 0 aromatic heterocycles. The van der Waals surface area contributed by atoms with Crippen LogP contribution < -0.4 is 11.1 Å². The van der Waals surface area contributed by atoms with E-state index in [9.17, 15) is 14.5 Å². The highest BCUT2D eigenvalue weighted by atomic mass is 19.1. The van der Waals surface area contributed by atoms with Crippen molar-refractivity contribution in [2.75, 3.05) is 11.9 Å². The van der Waals surface area contributed by atoms with Gasteiger partial charge in [-0.1, -0.05) is 6.07 Å². The Morgan fingerprint density at radius 1 is 1.63 bits per heavy atom. The number of nitrogens with zero attached hydrogens (tertiary/aromatic N) is 1. The van der Waals surface area contributed by atoms with Gasteiger partial charge in [-0.3, -0.25) is 10.1 Å². The highest BCUT2D eigenvalue weighted by molar-refractivity contribution is 5.63.